The number of fused-ring (bicyclic) bond motifs is 10. The van der Waals surface area contributed by atoms with Crippen LogP contribution in [0.3, 0.4) is 0 Å². The van der Waals surface area contributed by atoms with E-state index in [-0.39, 0.29) is 33.9 Å². The average Bonchev–Trinajstić information content (AvgIpc) is 3.58. The van der Waals surface area contributed by atoms with Gasteiger partial charge in [-0.25, -0.2) is 0 Å². The van der Waals surface area contributed by atoms with Crippen LogP contribution < -0.4 is 4.57 Å². The molecule has 0 aliphatic carbocycles. The Bertz CT molecular complexity index is 2570. The molecule has 0 unspecified atom stereocenters. The summed E-state index contributed by atoms with van der Waals surface area (Å²) in [6, 6.07) is 24.7. The molecule has 2 heteroatoms. The van der Waals surface area contributed by atoms with Crippen LogP contribution in [0.1, 0.15) is 55.4 Å². The van der Waals surface area contributed by atoms with Crippen molar-refractivity contribution in [1.82, 2.24) is 0 Å². The van der Waals surface area contributed by atoms with E-state index in [2.05, 4.69) is 36.4 Å². The fourth-order valence-electron chi connectivity index (χ4n) is 6.35. The number of benzene rings is 5. The topological polar surface area (TPSA) is 17.0 Å². The summed E-state index contributed by atoms with van der Waals surface area (Å²) in [5.74, 6) is 0. The molecule has 0 saturated heterocycles. The molecule has 0 saturated carbocycles. The third kappa shape index (κ3) is 3.81. The van der Waals surface area contributed by atoms with Crippen molar-refractivity contribution in [3.8, 4) is 22.4 Å². The van der Waals surface area contributed by atoms with E-state index in [1.807, 2.05) is 28.8 Å². The molecule has 0 bridgehead atoms. The van der Waals surface area contributed by atoms with Gasteiger partial charge in [0.05, 0.1) is 6.93 Å². The molecule has 0 N–H and O–H groups in total. The number of pyridine rings is 1. The highest BCUT2D eigenvalue weighted by atomic mass is 16.3. The Kier molecular flexibility index (Phi) is 3.49. The summed E-state index contributed by atoms with van der Waals surface area (Å²) in [6.07, 6.45) is -0.428. The molecule has 7 aromatic rings. The van der Waals surface area contributed by atoms with Crippen molar-refractivity contribution >= 4 is 43.5 Å². The maximum atomic E-state index is 9.10. The molecule has 200 valence electrons. The van der Waals surface area contributed by atoms with Crippen molar-refractivity contribution in [3.63, 3.8) is 0 Å². The Labute approximate surface area is 253 Å². The second kappa shape index (κ2) is 8.54. The second-order valence-electron chi connectivity index (χ2n) is 12.1. The first-order valence-corrected chi connectivity index (χ1v) is 13.9. The third-order valence-corrected chi connectivity index (χ3v) is 8.08. The van der Waals surface area contributed by atoms with Crippen molar-refractivity contribution in [2.45, 2.75) is 47.4 Å². The van der Waals surface area contributed by atoms with E-state index in [0.717, 1.165) is 49.0 Å². The van der Waals surface area contributed by atoms with E-state index in [1.54, 1.807) is 26.8 Å². The molecule has 0 atom stereocenters. The largest absolute Gasteiger partial charge is 0.455 e. The first kappa shape index (κ1) is 16.7. The Morgan fingerprint density at radius 1 is 0.829 bits per heavy atom. The molecule has 0 radical (unpaired) electrons. The number of rotatable bonds is 2. The minimum atomic E-state index is -2.76. The maximum Gasteiger partial charge on any atom is 0.217 e. The molecule has 8 rings (SSSR count). The molecule has 0 spiro atoms. The quantitative estimate of drug-likeness (QED) is 0.157. The van der Waals surface area contributed by atoms with Crippen LogP contribution in [0.4, 0.5) is 0 Å². The molecular weight excluding hydrogens is 498 g/mol. The lowest BCUT2D eigenvalue weighted by Gasteiger charge is -2.19. The summed E-state index contributed by atoms with van der Waals surface area (Å²) in [5, 5.41) is 6.26. The highest BCUT2D eigenvalue weighted by Crippen LogP contribution is 2.42. The van der Waals surface area contributed by atoms with Crippen molar-refractivity contribution in [3.05, 3.63) is 113 Å². The van der Waals surface area contributed by atoms with Crippen molar-refractivity contribution < 1.29 is 21.3 Å². The van der Waals surface area contributed by atoms with Gasteiger partial charge in [0.25, 0.3) is 0 Å². The van der Waals surface area contributed by atoms with Crippen LogP contribution >= 0.6 is 0 Å². The third-order valence-electron chi connectivity index (χ3n) is 8.08. The number of furan rings is 1. The van der Waals surface area contributed by atoms with Crippen LogP contribution in [-0.4, -0.2) is 0 Å². The van der Waals surface area contributed by atoms with Gasteiger partial charge in [0.1, 0.15) is 11.2 Å². The second-order valence-corrected chi connectivity index (χ2v) is 12.1. The standard InChI is InChI=1S/C39H34NO/c1-23-16-25(20-39(3,4)5)10-14-29(23)32-18-35-37-28(22-40(35)21-24(32)2)13-15-31-34-17-27-12-11-26-8-6-7-9-30(26)33(27)19-36(34)41-38(31)37/h6-19,21H,20,22H2,1-5H3/q+1/i1D3,2D3,14D,20D2. The summed E-state index contributed by atoms with van der Waals surface area (Å²) in [4.78, 5) is 0. The summed E-state index contributed by atoms with van der Waals surface area (Å²) in [7, 11) is 0. The Morgan fingerprint density at radius 2 is 1.68 bits per heavy atom. The van der Waals surface area contributed by atoms with Gasteiger partial charge in [-0.2, -0.15) is 4.57 Å². The van der Waals surface area contributed by atoms with E-state index >= 15 is 0 Å². The van der Waals surface area contributed by atoms with Gasteiger partial charge in [-0.3, -0.25) is 0 Å². The van der Waals surface area contributed by atoms with Gasteiger partial charge >= 0.3 is 0 Å². The monoisotopic (exact) mass is 541 g/mol. The van der Waals surface area contributed by atoms with Gasteiger partial charge in [-0.05, 0) is 87.5 Å². The van der Waals surface area contributed by atoms with E-state index < -0.39 is 25.5 Å². The van der Waals surface area contributed by atoms with Crippen molar-refractivity contribution in [1.29, 1.82) is 0 Å². The predicted octanol–water partition coefficient (Wildman–Crippen LogP) is 10.1. The number of nitrogens with zero attached hydrogens (tertiary/aromatic N) is 1. The van der Waals surface area contributed by atoms with Gasteiger partial charge in [0.15, 0.2) is 12.7 Å². The molecule has 41 heavy (non-hydrogen) atoms. The molecule has 3 heterocycles. The van der Waals surface area contributed by atoms with Gasteiger partial charge in [0, 0.05) is 38.9 Å². The zero-order valence-corrected chi connectivity index (χ0v) is 23.1. The van der Waals surface area contributed by atoms with Crippen LogP contribution in [0, 0.1) is 19.1 Å². The summed E-state index contributed by atoms with van der Waals surface area (Å²) < 4.78 is 86.1. The first-order valence-electron chi connectivity index (χ1n) is 18.4. The molecule has 0 fully saturated rings. The summed E-state index contributed by atoms with van der Waals surface area (Å²) in [6.45, 7) is 0.129. The summed E-state index contributed by atoms with van der Waals surface area (Å²) >= 11 is 0. The predicted molar refractivity (Wildman–Crippen MR) is 172 cm³/mol. The Hall–Kier alpha value is -4.43. The van der Waals surface area contributed by atoms with Gasteiger partial charge in [-0.1, -0.05) is 81.4 Å². The van der Waals surface area contributed by atoms with Crippen molar-refractivity contribution in [2.24, 2.45) is 5.41 Å². The average molecular weight is 542 g/mol. The van der Waals surface area contributed by atoms with Gasteiger partial charge < -0.3 is 4.42 Å². The smallest absolute Gasteiger partial charge is 0.217 e. The molecule has 0 amide bonds. The van der Waals surface area contributed by atoms with Crippen molar-refractivity contribution in [2.75, 3.05) is 0 Å². The molecule has 5 aromatic carbocycles. The fraction of sp³-hybridized carbons (Fsp3) is 0.205. The SMILES string of the molecule is [2H]c1cc(C([2H])([2H])C(C)(C)C)cc(C([2H])([2H])[2H])c1-c1cc2[n+](cc1C([2H])([2H])[2H])Cc1ccc3c(oc4cc5c(ccc6ccccc65)cc43)c1-2. The Morgan fingerprint density at radius 3 is 2.54 bits per heavy atom. The number of hydrogen-bond donors (Lipinski definition) is 0. The highest BCUT2D eigenvalue weighted by molar-refractivity contribution is 6.17. The molecule has 2 aromatic heterocycles. The van der Waals surface area contributed by atoms with E-state index in [0.29, 0.717) is 17.8 Å². The first-order chi connectivity index (χ1) is 23.3. The van der Waals surface area contributed by atoms with Gasteiger partial charge in [-0.15, -0.1) is 0 Å². The zero-order valence-electron chi connectivity index (χ0n) is 32.1. The van der Waals surface area contributed by atoms with E-state index in [4.69, 9.17) is 16.8 Å². The van der Waals surface area contributed by atoms with Crippen LogP contribution in [0.25, 0.3) is 65.9 Å². The summed E-state index contributed by atoms with van der Waals surface area (Å²) in [5.41, 5.74) is 2.60. The minimum Gasteiger partial charge on any atom is -0.455 e. The van der Waals surface area contributed by atoms with Crippen LogP contribution in [0.15, 0.2) is 95.5 Å². The van der Waals surface area contributed by atoms with Gasteiger partial charge in [0.2, 0.25) is 5.69 Å². The van der Waals surface area contributed by atoms with Crippen LogP contribution in [0.2, 0.25) is 0 Å². The van der Waals surface area contributed by atoms with Crippen LogP contribution in [0.5, 0.6) is 0 Å². The Balaban J connectivity index is 1.40. The lowest BCUT2D eigenvalue weighted by molar-refractivity contribution is -0.672. The molecule has 2 nitrogen and oxygen atoms in total. The maximum absolute atomic E-state index is 9.10. The normalized spacial score (nSPS) is 17.2. The highest BCUT2D eigenvalue weighted by Gasteiger charge is 2.32. The van der Waals surface area contributed by atoms with Crippen LogP contribution in [-0.2, 0) is 12.9 Å². The van der Waals surface area contributed by atoms with E-state index in [1.165, 1.54) is 18.3 Å². The molecule has 1 aliphatic rings. The fourth-order valence-corrected chi connectivity index (χ4v) is 6.35. The minimum absolute atomic E-state index is 0.0451. The lowest BCUT2D eigenvalue weighted by Crippen LogP contribution is -2.32. The molecular formula is C39H34NO+. The number of hydrogen-bond acceptors (Lipinski definition) is 1. The lowest BCUT2D eigenvalue weighted by atomic mass is 9.86. The number of aromatic nitrogens is 1. The number of aryl methyl sites for hydroxylation is 2. The zero-order chi connectivity index (χ0) is 35.7. The molecule has 1 aliphatic heterocycles. The van der Waals surface area contributed by atoms with E-state index in [9.17, 15) is 0 Å².